The van der Waals surface area contributed by atoms with E-state index >= 15 is 0 Å². The van der Waals surface area contributed by atoms with Gasteiger partial charge in [0.2, 0.25) is 0 Å². The molecule has 0 unspecified atom stereocenters. The number of hydrogen-bond donors (Lipinski definition) is 1. The van der Waals surface area contributed by atoms with Crippen molar-refractivity contribution in [2.45, 2.75) is 13.8 Å². The van der Waals surface area contributed by atoms with Gasteiger partial charge in [0, 0.05) is 17.8 Å². The van der Waals surface area contributed by atoms with Crippen LogP contribution in [0.15, 0.2) is 18.2 Å². The summed E-state index contributed by atoms with van der Waals surface area (Å²) in [4.78, 5) is 10.4. The van der Waals surface area contributed by atoms with Crippen LogP contribution in [0.5, 0.6) is 0 Å². The summed E-state index contributed by atoms with van der Waals surface area (Å²) in [5, 5.41) is 3.21. The fourth-order valence-corrected chi connectivity index (χ4v) is 1.15. The van der Waals surface area contributed by atoms with E-state index in [1.807, 2.05) is 32.0 Å². The predicted octanol–water partition coefficient (Wildman–Crippen LogP) is 2.24. The lowest BCUT2D eigenvalue weighted by atomic mass is 10.1. The van der Waals surface area contributed by atoms with Crippen LogP contribution in [0, 0.1) is 6.92 Å². The molecule has 0 saturated heterocycles. The van der Waals surface area contributed by atoms with Crippen molar-refractivity contribution < 1.29 is 4.79 Å². The second-order valence-corrected chi connectivity index (χ2v) is 2.72. The van der Waals surface area contributed by atoms with Gasteiger partial charge in [-0.05, 0) is 37.6 Å². The summed E-state index contributed by atoms with van der Waals surface area (Å²) in [5.74, 6) is 0. The molecule has 2 nitrogen and oxygen atoms in total. The minimum absolute atomic E-state index is 0.731. The SMILES string of the molecule is CCNc1ccc(C=O)cc1C. The van der Waals surface area contributed by atoms with Crippen LogP contribution in [0.3, 0.4) is 0 Å². The molecule has 2 heteroatoms. The number of aldehydes is 1. The van der Waals surface area contributed by atoms with Crippen LogP contribution >= 0.6 is 0 Å². The maximum absolute atomic E-state index is 10.4. The maximum atomic E-state index is 10.4. The summed E-state index contributed by atoms with van der Waals surface area (Å²) in [7, 11) is 0. The van der Waals surface area contributed by atoms with Crippen molar-refractivity contribution in [1.82, 2.24) is 0 Å². The Labute approximate surface area is 72.6 Å². The molecule has 0 bridgehead atoms. The Morgan fingerprint density at radius 2 is 2.25 bits per heavy atom. The number of benzene rings is 1. The molecule has 0 saturated carbocycles. The Hall–Kier alpha value is -1.31. The lowest BCUT2D eigenvalue weighted by Crippen LogP contribution is -1.98. The number of anilines is 1. The van der Waals surface area contributed by atoms with Gasteiger partial charge < -0.3 is 5.32 Å². The van der Waals surface area contributed by atoms with Gasteiger partial charge >= 0.3 is 0 Å². The summed E-state index contributed by atoms with van der Waals surface area (Å²) >= 11 is 0. The second-order valence-electron chi connectivity index (χ2n) is 2.72. The number of hydrogen-bond acceptors (Lipinski definition) is 2. The molecule has 0 spiro atoms. The molecule has 1 aromatic rings. The van der Waals surface area contributed by atoms with Gasteiger partial charge in [-0.1, -0.05) is 0 Å². The first-order valence-corrected chi connectivity index (χ1v) is 4.07. The summed E-state index contributed by atoms with van der Waals surface area (Å²) in [6, 6.07) is 5.63. The Morgan fingerprint density at radius 3 is 2.75 bits per heavy atom. The summed E-state index contributed by atoms with van der Waals surface area (Å²) in [6.07, 6.45) is 0.864. The summed E-state index contributed by atoms with van der Waals surface area (Å²) in [5.41, 5.74) is 2.94. The maximum Gasteiger partial charge on any atom is 0.150 e. The van der Waals surface area contributed by atoms with Gasteiger partial charge in [-0.2, -0.15) is 0 Å². The van der Waals surface area contributed by atoms with E-state index in [0.29, 0.717) is 0 Å². The molecular formula is C10H13NO. The Bertz CT molecular complexity index is 281. The van der Waals surface area contributed by atoms with E-state index in [1.165, 1.54) is 0 Å². The van der Waals surface area contributed by atoms with E-state index in [-0.39, 0.29) is 0 Å². The molecule has 1 N–H and O–H groups in total. The predicted molar refractivity (Wildman–Crippen MR) is 50.7 cm³/mol. The van der Waals surface area contributed by atoms with Crippen molar-refractivity contribution in [3.05, 3.63) is 29.3 Å². The molecule has 0 fully saturated rings. The lowest BCUT2D eigenvalue weighted by molar-refractivity contribution is 0.112. The smallest absolute Gasteiger partial charge is 0.150 e. The van der Waals surface area contributed by atoms with Crippen molar-refractivity contribution in [2.75, 3.05) is 11.9 Å². The molecule has 0 aliphatic carbocycles. The van der Waals surface area contributed by atoms with Gasteiger partial charge in [0.25, 0.3) is 0 Å². The van der Waals surface area contributed by atoms with E-state index in [9.17, 15) is 4.79 Å². The molecule has 64 valence electrons. The van der Waals surface area contributed by atoms with Crippen molar-refractivity contribution in [3.63, 3.8) is 0 Å². The quantitative estimate of drug-likeness (QED) is 0.692. The van der Waals surface area contributed by atoms with Crippen molar-refractivity contribution in [2.24, 2.45) is 0 Å². The Balaban J connectivity index is 2.94. The second kappa shape index (κ2) is 3.90. The largest absolute Gasteiger partial charge is 0.385 e. The van der Waals surface area contributed by atoms with Crippen LogP contribution in [-0.2, 0) is 0 Å². The third kappa shape index (κ3) is 1.84. The van der Waals surface area contributed by atoms with Gasteiger partial charge in [-0.15, -0.1) is 0 Å². The normalized spacial score (nSPS) is 9.50. The van der Waals surface area contributed by atoms with Crippen LogP contribution in [0.1, 0.15) is 22.8 Å². The number of carbonyl (C=O) groups is 1. The Kier molecular flexibility index (Phi) is 2.86. The molecule has 12 heavy (non-hydrogen) atoms. The van der Waals surface area contributed by atoms with Crippen molar-refractivity contribution >= 4 is 12.0 Å². The number of nitrogens with one attached hydrogen (secondary N) is 1. The fraction of sp³-hybridized carbons (Fsp3) is 0.300. The minimum Gasteiger partial charge on any atom is -0.385 e. The molecule has 0 radical (unpaired) electrons. The lowest BCUT2D eigenvalue weighted by Gasteiger charge is -2.06. The minimum atomic E-state index is 0.731. The molecule has 0 aromatic heterocycles. The van der Waals surface area contributed by atoms with Gasteiger partial charge in [0.05, 0.1) is 0 Å². The molecule has 0 amide bonds. The summed E-state index contributed by atoms with van der Waals surface area (Å²) < 4.78 is 0. The molecule has 0 aliphatic rings. The average Bonchev–Trinajstić information content (AvgIpc) is 2.09. The standard InChI is InChI=1S/C10H13NO/c1-3-11-10-5-4-9(7-12)6-8(10)2/h4-7,11H,3H2,1-2H3. The molecule has 1 rings (SSSR count). The summed E-state index contributed by atoms with van der Waals surface area (Å²) in [6.45, 7) is 4.94. The molecular weight excluding hydrogens is 150 g/mol. The van der Waals surface area contributed by atoms with E-state index in [0.717, 1.165) is 29.6 Å². The highest BCUT2D eigenvalue weighted by Crippen LogP contribution is 2.14. The first kappa shape index (κ1) is 8.78. The first-order valence-electron chi connectivity index (χ1n) is 4.07. The number of aryl methyl sites for hydroxylation is 1. The van der Waals surface area contributed by atoms with Crippen LogP contribution in [0.2, 0.25) is 0 Å². The van der Waals surface area contributed by atoms with Crippen LogP contribution in [-0.4, -0.2) is 12.8 Å². The van der Waals surface area contributed by atoms with Crippen LogP contribution in [0.25, 0.3) is 0 Å². The zero-order valence-electron chi connectivity index (χ0n) is 7.42. The van der Waals surface area contributed by atoms with E-state index in [2.05, 4.69) is 5.32 Å². The van der Waals surface area contributed by atoms with E-state index in [1.54, 1.807) is 0 Å². The van der Waals surface area contributed by atoms with Gasteiger partial charge in [0.1, 0.15) is 6.29 Å². The molecule has 0 heterocycles. The molecule has 0 aliphatic heterocycles. The highest BCUT2D eigenvalue weighted by atomic mass is 16.1. The number of rotatable bonds is 3. The monoisotopic (exact) mass is 163 g/mol. The molecule has 0 atom stereocenters. The van der Waals surface area contributed by atoms with Gasteiger partial charge in [0.15, 0.2) is 0 Å². The number of carbonyl (C=O) groups excluding carboxylic acids is 1. The first-order chi connectivity index (χ1) is 5.77. The van der Waals surface area contributed by atoms with E-state index in [4.69, 9.17) is 0 Å². The van der Waals surface area contributed by atoms with Crippen molar-refractivity contribution in [3.8, 4) is 0 Å². The third-order valence-corrected chi connectivity index (χ3v) is 1.75. The van der Waals surface area contributed by atoms with Gasteiger partial charge in [-0.3, -0.25) is 4.79 Å². The highest BCUT2D eigenvalue weighted by molar-refractivity contribution is 5.76. The average molecular weight is 163 g/mol. The topological polar surface area (TPSA) is 29.1 Å². The van der Waals surface area contributed by atoms with Crippen LogP contribution in [0.4, 0.5) is 5.69 Å². The zero-order chi connectivity index (χ0) is 8.97. The highest BCUT2D eigenvalue weighted by Gasteiger charge is 1.96. The third-order valence-electron chi connectivity index (χ3n) is 1.75. The van der Waals surface area contributed by atoms with Crippen LogP contribution < -0.4 is 5.32 Å². The Morgan fingerprint density at radius 1 is 1.50 bits per heavy atom. The fourth-order valence-electron chi connectivity index (χ4n) is 1.15. The zero-order valence-corrected chi connectivity index (χ0v) is 7.42. The van der Waals surface area contributed by atoms with Gasteiger partial charge in [-0.25, -0.2) is 0 Å². The van der Waals surface area contributed by atoms with E-state index < -0.39 is 0 Å². The van der Waals surface area contributed by atoms with Crippen molar-refractivity contribution in [1.29, 1.82) is 0 Å². The molecule has 1 aromatic carbocycles.